The summed E-state index contributed by atoms with van der Waals surface area (Å²) in [5.74, 6) is 6.26. The molecule has 1 aromatic carbocycles. The number of nitrogens with one attached hydrogen (secondary N) is 1. The van der Waals surface area contributed by atoms with Gasteiger partial charge in [-0.2, -0.15) is 4.37 Å². The molecule has 192 valence electrons. The Kier molecular flexibility index (Phi) is 8.71. The Balaban J connectivity index is 1.44. The van der Waals surface area contributed by atoms with Crippen molar-refractivity contribution in [2.75, 3.05) is 11.9 Å². The lowest BCUT2D eigenvalue weighted by atomic mass is 10.1. The van der Waals surface area contributed by atoms with Gasteiger partial charge in [-0.15, -0.1) is 0 Å². The van der Waals surface area contributed by atoms with E-state index >= 15 is 0 Å². The van der Waals surface area contributed by atoms with Gasteiger partial charge < -0.3 is 18.6 Å². The number of cyclic esters (lactones) is 1. The standard InChI is InChI=1S/C25H21Cl2N3O6S/c1-14-24(35-16-6-5-13-33-21(31)12-9-16)36-20(28-14)11-10-19-22(23(27)30-37-19)29-25(32)34-15(2)17-7-3-4-8-18(17)26/h3-4,6-8,15H,5,9,12-13H2,1-2H3,(H,29,32). The summed E-state index contributed by atoms with van der Waals surface area (Å²) >= 11 is 13.3. The number of aromatic nitrogens is 2. The first kappa shape index (κ1) is 26.5. The number of carbonyl (C=O) groups excluding carboxylic acids is 2. The number of hydrogen-bond donors (Lipinski definition) is 1. The number of esters is 1. The van der Waals surface area contributed by atoms with Crippen LogP contribution in [0, 0.1) is 18.8 Å². The van der Waals surface area contributed by atoms with Crippen LogP contribution >= 0.6 is 34.7 Å². The van der Waals surface area contributed by atoms with E-state index in [1.54, 1.807) is 38.1 Å². The molecule has 1 amide bonds. The fourth-order valence-electron chi connectivity index (χ4n) is 3.27. The number of halogens is 2. The van der Waals surface area contributed by atoms with Gasteiger partial charge in [-0.3, -0.25) is 10.1 Å². The lowest BCUT2D eigenvalue weighted by molar-refractivity contribution is -0.143. The molecule has 1 aliphatic rings. The number of ether oxygens (including phenoxy) is 3. The molecule has 9 nitrogen and oxygen atoms in total. The topological polar surface area (TPSA) is 113 Å². The maximum Gasteiger partial charge on any atom is 0.412 e. The van der Waals surface area contributed by atoms with Gasteiger partial charge in [-0.1, -0.05) is 41.4 Å². The molecular weight excluding hydrogens is 541 g/mol. The van der Waals surface area contributed by atoms with E-state index in [1.165, 1.54) is 0 Å². The maximum atomic E-state index is 12.5. The van der Waals surface area contributed by atoms with E-state index in [0.29, 0.717) is 46.4 Å². The van der Waals surface area contributed by atoms with E-state index in [1.807, 2.05) is 6.08 Å². The lowest BCUT2D eigenvalue weighted by Gasteiger charge is -2.15. The first-order valence-electron chi connectivity index (χ1n) is 11.2. The number of rotatable bonds is 5. The average molecular weight is 562 g/mol. The van der Waals surface area contributed by atoms with Crippen LogP contribution in [0.15, 0.2) is 40.5 Å². The van der Waals surface area contributed by atoms with Crippen molar-refractivity contribution in [1.29, 1.82) is 0 Å². The molecule has 3 aromatic rings. The van der Waals surface area contributed by atoms with Crippen LogP contribution in [0.5, 0.6) is 5.95 Å². The molecule has 1 unspecified atom stereocenters. The molecule has 0 bridgehead atoms. The molecule has 0 saturated carbocycles. The third-order valence-corrected chi connectivity index (χ3v) is 6.57. The number of aryl methyl sites for hydroxylation is 1. The summed E-state index contributed by atoms with van der Waals surface area (Å²) in [6.07, 6.45) is 1.66. The third-order valence-electron chi connectivity index (χ3n) is 5.09. The van der Waals surface area contributed by atoms with Crippen molar-refractivity contribution in [3.8, 4) is 17.8 Å². The van der Waals surface area contributed by atoms with Crippen molar-refractivity contribution in [2.45, 2.75) is 39.2 Å². The molecule has 2 aromatic heterocycles. The highest BCUT2D eigenvalue weighted by molar-refractivity contribution is 7.07. The number of allylic oxidation sites excluding steroid dienone is 1. The minimum Gasteiger partial charge on any atom is -0.465 e. The normalized spacial score (nSPS) is 14.3. The monoisotopic (exact) mass is 561 g/mol. The van der Waals surface area contributed by atoms with Gasteiger partial charge in [0.1, 0.15) is 28.1 Å². The van der Waals surface area contributed by atoms with Crippen LogP contribution in [0.4, 0.5) is 10.5 Å². The number of nitrogens with zero attached hydrogens (tertiary/aromatic N) is 2. The van der Waals surface area contributed by atoms with Crippen LogP contribution < -0.4 is 10.1 Å². The summed E-state index contributed by atoms with van der Waals surface area (Å²) in [7, 11) is 0. The molecule has 1 aliphatic heterocycles. The summed E-state index contributed by atoms with van der Waals surface area (Å²) in [4.78, 5) is 28.7. The Morgan fingerprint density at radius 1 is 1.24 bits per heavy atom. The van der Waals surface area contributed by atoms with Crippen molar-refractivity contribution in [1.82, 2.24) is 9.36 Å². The minimum absolute atomic E-state index is 0.0685. The number of hydrogen-bond acceptors (Lipinski definition) is 9. The van der Waals surface area contributed by atoms with Crippen LogP contribution in [0.2, 0.25) is 10.2 Å². The molecule has 4 rings (SSSR count). The molecule has 1 atom stereocenters. The Morgan fingerprint density at radius 3 is 2.86 bits per heavy atom. The molecule has 1 N–H and O–H groups in total. The highest BCUT2D eigenvalue weighted by atomic mass is 35.5. The van der Waals surface area contributed by atoms with E-state index < -0.39 is 12.2 Å². The molecule has 0 saturated heterocycles. The minimum atomic E-state index is -0.739. The van der Waals surface area contributed by atoms with Crippen LogP contribution in [-0.2, 0) is 14.3 Å². The van der Waals surface area contributed by atoms with Crippen molar-refractivity contribution >= 4 is 52.5 Å². The molecule has 0 spiro atoms. The highest BCUT2D eigenvalue weighted by Gasteiger charge is 2.19. The SMILES string of the molecule is Cc1nc(C#Cc2snc(Cl)c2NC(=O)OC(C)c2ccccc2Cl)oc1OC1=CCCOC(=O)CC1. The zero-order valence-electron chi connectivity index (χ0n) is 19.8. The zero-order valence-corrected chi connectivity index (χ0v) is 22.1. The van der Waals surface area contributed by atoms with E-state index in [2.05, 4.69) is 26.5 Å². The average Bonchev–Trinajstić information content (AvgIpc) is 3.38. The van der Waals surface area contributed by atoms with Crippen molar-refractivity contribution in [2.24, 2.45) is 0 Å². The van der Waals surface area contributed by atoms with Gasteiger partial charge in [0.05, 0.1) is 13.0 Å². The van der Waals surface area contributed by atoms with Crippen molar-refractivity contribution < 1.29 is 28.2 Å². The summed E-state index contributed by atoms with van der Waals surface area (Å²) in [5, 5.41) is 3.15. The lowest BCUT2D eigenvalue weighted by Crippen LogP contribution is -2.16. The molecular formula is C25H21Cl2N3O6S. The third kappa shape index (κ3) is 7.04. The molecule has 37 heavy (non-hydrogen) atoms. The number of amides is 1. The molecule has 0 aliphatic carbocycles. The van der Waals surface area contributed by atoms with E-state index in [0.717, 1.165) is 11.5 Å². The second-order valence-corrected chi connectivity index (χ2v) is 9.33. The summed E-state index contributed by atoms with van der Waals surface area (Å²) in [6.45, 7) is 3.73. The largest absolute Gasteiger partial charge is 0.465 e. The molecule has 3 heterocycles. The van der Waals surface area contributed by atoms with Gasteiger partial charge in [0.25, 0.3) is 5.89 Å². The number of anilines is 1. The van der Waals surface area contributed by atoms with Crippen LogP contribution in [0.3, 0.4) is 0 Å². The quantitative estimate of drug-likeness (QED) is 0.279. The second-order valence-electron chi connectivity index (χ2n) is 7.80. The molecule has 12 heteroatoms. The van der Waals surface area contributed by atoms with Crippen LogP contribution in [0.25, 0.3) is 0 Å². The smallest absolute Gasteiger partial charge is 0.412 e. The fraction of sp³-hybridized carbons (Fsp3) is 0.280. The molecule has 0 fully saturated rings. The zero-order chi connectivity index (χ0) is 26.4. The van der Waals surface area contributed by atoms with Gasteiger partial charge in [0, 0.05) is 23.4 Å². The van der Waals surface area contributed by atoms with Gasteiger partial charge >= 0.3 is 18.0 Å². The van der Waals surface area contributed by atoms with Crippen LogP contribution in [-0.4, -0.2) is 28.0 Å². The van der Waals surface area contributed by atoms with E-state index in [4.69, 9.17) is 41.8 Å². The van der Waals surface area contributed by atoms with Crippen molar-refractivity contribution in [3.63, 3.8) is 0 Å². The first-order chi connectivity index (χ1) is 17.8. The predicted molar refractivity (Wildman–Crippen MR) is 138 cm³/mol. The maximum absolute atomic E-state index is 12.5. The molecule has 0 radical (unpaired) electrons. The Bertz CT molecular complexity index is 1400. The highest BCUT2D eigenvalue weighted by Crippen LogP contribution is 2.30. The van der Waals surface area contributed by atoms with Gasteiger partial charge in [0.2, 0.25) is 0 Å². The van der Waals surface area contributed by atoms with Crippen LogP contribution in [0.1, 0.15) is 54.3 Å². The number of oxazole rings is 1. The van der Waals surface area contributed by atoms with E-state index in [9.17, 15) is 9.59 Å². The van der Waals surface area contributed by atoms with Gasteiger partial charge in [-0.05, 0) is 49.4 Å². The number of benzene rings is 1. The Labute approximate surface area is 226 Å². The van der Waals surface area contributed by atoms with Crippen molar-refractivity contribution in [3.05, 3.63) is 68.3 Å². The first-order valence-corrected chi connectivity index (χ1v) is 12.7. The summed E-state index contributed by atoms with van der Waals surface area (Å²) in [5.41, 5.74) is 1.37. The number of carbonyl (C=O) groups is 2. The summed E-state index contributed by atoms with van der Waals surface area (Å²) in [6, 6.07) is 7.08. The van der Waals surface area contributed by atoms with E-state index in [-0.39, 0.29) is 35.1 Å². The second kappa shape index (κ2) is 12.1. The summed E-state index contributed by atoms with van der Waals surface area (Å²) < 4.78 is 25.9. The van der Waals surface area contributed by atoms with Gasteiger partial charge in [-0.25, -0.2) is 9.78 Å². The Hall–Kier alpha value is -3.52. The Morgan fingerprint density at radius 2 is 2.05 bits per heavy atom. The fourth-order valence-corrected chi connectivity index (χ4v) is 4.46. The predicted octanol–water partition coefficient (Wildman–Crippen LogP) is 6.45. The van der Waals surface area contributed by atoms with Gasteiger partial charge in [0.15, 0.2) is 5.15 Å².